The first kappa shape index (κ1) is 37.5. The molecule has 0 spiro atoms. The molecule has 4 atom stereocenters. The number of hydrogen-bond donors (Lipinski definition) is 4. The van der Waals surface area contributed by atoms with E-state index in [-0.39, 0.29) is 35.7 Å². The number of hydrogen-bond acceptors (Lipinski definition) is 7. The molecular formula is C41H51N8O6Si+. The van der Waals surface area contributed by atoms with E-state index in [0.717, 1.165) is 96.0 Å². The summed E-state index contributed by atoms with van der Waals surface area (Å²) >= 11 is 0. The van der Waals surface area contributed by atoms with Crippen LogP contribution in [-0.4, -0.2) is 95.8 Å². The fraction of sp³-hybridized carbons (Fsp3) is 0.463. The van der Waals surface area contributed by atoms with Gasteiger partial charge < -0.3 is 34.9 Å². The second kappa shape index (κ2) is 15.2. The van der Waals surface area contributed by atoms with Crippen LogP contribution in [0.2, 0.25) is 19.1 Å². The minimum Gasteiger partial charge on any atom is -0.453 e. The van der Waals surface area contributed by atoms with Gasteiger partial charge in [-0.2, -0.15) is 0 Å². The van der Waals surface area contributed by atoms with E-state index < -0.39 is 32.3 Å². The van der Waals surface area contributed by atoms with Crippen molar-refractivity contribution in [3.63, 3.8) is 0 Å². The summed E-state index contributed by atoms with van der Waals surface area (Å²) in [5.74, 6) is 1.84. The monoisotopic (exact) mass is 779 g/mol. The Balaban J connectivity index is 0.927. The maximum absolute atomic E-state index is 13.9. The van der Waals surface area contributed by atoms with Crippen molar-refractivity contribution in [2.75, 3.05) is 26.9 Å². The van der Waals surface area contributed by atoms with Gasteiger partial charge in [-0.1, -0.05) is 49.5 Å². The first-order valence-electron chi connectivity index (χ1n) is 19.7. The van der Waals surface area contributed by atoms with Crippen molar-refractivity contribution in [2.24, 2.45) is 11.8 Å². The first-order valence-corrected chi connectivity index (χ1v) is 23.1. The number of alkyl carbamates (subject to hydrolysis) is 2. The van der Waals surface area contributed by atoms with Crippen LogP contribution in [0.5, 0.6) is 0 Å². The summed E-state index contributed by atoms with van der Waals surface area (Å²) in [5, 5.41) is 5.57. The number of ether oxygens (including phenoxy) is 2. The van der Waals surface area contributed by atoms with Gasteiger partial charge in [0.05, 0.1) is 40.2 Å². The number of nitrogens with one attached hydrogen (secondary N) is 5. The molecule has 0 unspecified atom stereocenters. The predicted octanol–water partition coefficient (Wildman–Crippen LogP) is 5.62. The highest BCUT2D eigenvalue weighted by atomic mass is 28.3. The molecule has 2 saturated heterocycles. The maximum atomic E-state index is 13.9. The second-order valence-electron chi connectivity index (χ2n) is 16.5. The normalized spacial score (nSPS) is 21.4. The Bertz CT molecular complexity index is 2090. The molecule has 0 radical (unpaired) electrons. The Morgan fingerprint density at radius 1 is 0.750 bits per heavy atom. The molecule has 4 amide bonds. The first-order chi connectivity index (χ1) is 27.0. The van der Waals surface area contributed by atoms with Crippen LogP contribution in [0.15, 0.2) is 60.9 Å². The Hall–Kier alpha value is -5.44. The second-order valence-corrected chi connectivity index (χ2v) is 21.6. The van der Waals surface area contributed by atoms with Crippen LogP contribution < -0.4 is 15.6 Å². The summed E-state index contributed by atoms with van der Waals surface area (Å²) in [4.78, 5) is 70.5. The van der Waals surface area contributed by atoms with Gasteiger partial charge in [0.15, 0.2) is 5.69 Å². The number of carbonyl (C=O) groups excluding carboxylic acids is 4. The van der Waals surface area contributed by atoms with Crippen molar-refractivity contribution in [3.8, 4) is 33.6 Å². The van der Waals surface area contributed by atoms with E-state index in [4.69, 9.17) is 14.5 Å². The number of imidazole rings is 2. The molecule has 2 aromatic carbocycles. The summed E-state index contributed by atoms with van der Waals surface area (Å²) < 4.78 is 9.62. The summed E-state index contributed by atoms with van der Waals surface area (Å²) in [6.07, 6.45) is 8.73. The zero-order valence-electron chi connectivity index (χ0n) is 32.4. The lowest BCUT2D eigenvalue weighted by Gasteiger charge is -2.28. The molecule has 5 N–H and O–H groups in total. The van der Waals surface area contributed by atoms with Crippen LogP contribution >= 0.6 is 0 Å². The molecule has 4 fully saturated rings. The highest BCUT2D eigenvalue weighted by Crippen LogP contribution is 2.41. The van der Waals surface area contributed by atoms with Gasteiger partial charge in [0.2, 0.25) is 11.8 Å². The molecule has 4 aromatic rings. The Morgan fingerprint density at radius 2 is 1.29 bits per heavy atom. The fourth-order valence-electron chi connectivity index (χ4n) is 8.46. The fourth-order valence-corrected chi connectivity index (χ4v) is 11.4. The van der Waals surface area contributed by atoms with E-state index in [9.17, 15) is 19.2 Å². The van der Waals surface area contributed by atoms with Gasteiger partial charge in [0.25, 0.3) is 5.82 Å². The van der Waals surface area contributed by atoms with Gasteiger partial charge in [0.1, 0.15) is 30.1 Å². The molecule has 8 rings (SSSR count). The van der Waals surface area contributed by atoms with E-state index in [1.165, 1.54) is 14.2 Å². The van der Waals surface area contributed by atoms with Crippen molar-refractivity contribution < 1.29 is 33.6 Å². The average Bonchev–Trinajstić information content (AvgIpc) is 4.00. The average molecular weight is 780 g/mol. The standard InChI is InChI=1S/C41H50N8O6Si/c1-54-40(52)46-34(28-15-16-28)38(50)48-19-5-6-32(48)36-42-20-30(44-36)26-11-7-24(8-12-26)25-9-13-27(14-10-25)31-21-43-37(45-31)33-22-56(3,4)23-49(33)39(51)35(29-17-18-29)47-41(53)55-2/h7-14,20-21,28-29,32-35H,5-6,15-19,22-23H2,1-4H3,(H,42,44)(H,43,45)(H,46,52)(H,47,53)/p+1/t32-,33-,34+,35+/m1/s1. The molecule has 4 heterocycles. The molecule has 14 nitrogen and oxygen atoms in total. The van der Waals surface area contributed by atoms with E-state index in [0.29, 0.717) is 6.54 Å². The van der Waals surface area contributed by atoms with Crippen LogP contribution in [0, 0.1) is 11.8 Å². The minimum absolute atomic E-state index is 0.0329. The van der Waals surface area contributed by atoms with Crippen LogP contribution in [0.25, 0.3) is 33.6 Å². The highest BCUT2D eigenvalue weighted by molar-refractivity contribution is 6.78. The molecule has 4 aliphatic rings. The molecule has 0 bridgehead atoms. The number of aromatic nitrogens is 4. The van der Waals surface area contributed by atoms with E-state index in [1.54, 1.807) is 0 Å². The molecule has 2 aliphatic heterocycles. The summed E-state index contributed by atoms with van der Waals surface area (Å²) in [7, 11) is 0.939. The molecule has 2 saturated carbocycles. The quantitative estimate of drug-likeness (QED) is 0.143. The zero-order valence-corrected chi connectivity index (χ0v) is 33.4. The van der Waals surface area contributed by atoms with Crippen LogP contribution in [0.1, 0.15) is 62.3 Å². The van der Waals surface area contributed by atoms with Crippen molar-refractivity contribution >= 4 is 32.1 Å². The number of benzene rings is 2. The third-order valence-corrected chi connectivity index (χ3v) is 14.5. The van der Waals surface area contributed by atoms with Crippen molar-refractivity contribution in [3.05, 3.63) is 72.6 Å². The number of H-pyrrole nitrogens is 3. The topological polar surface area (TPSA) is 176 Å². The number of nitrogens with zero attached hydrogens (tertiary/aromatic N) is 3. The smallest absolute Gasteiger partial charge is 0.407 e. The molecular weight excluding hydrogens is 729 g/mol. The number of amides is 4. The number of rotatable bonds is 11. The summed E-state index contributed by atoms with van der Waals surface area (Å²) in [6.45, 7) is 5.24. The number of carbonyl (C=O) groups is 4. The Labute approximate surface area is 327 Å². The molecule has 2 aromatic heterocycles. The van der Waals surface area contributed by atoms with Crippen LogP contribution in [0.3, 0.4) is 0 Å². The molecule has 56 heavy (non-hydrogen) atoms. The summed E-state index contributed by atoms with van der Waals surface area (Å²) in [6, 6.07) is 16.2. The van der Waals surface area contributed by atoms with Gasteiger partial charge in [-0.25, -0.2) is 24.5 Å². The van der Waals surface area contributed by atoms with Crippen LogP contribution in [0.4, 0.5) is 9.59 Å². The van der Waals surface area contributed by atoms with E-state index >= 15 is 0 Å². The van der Waals surface area contributed by atoms with Crippen molar-refractivity contribution in [1.82, 2.24) is 35.4 Å². The SMILES string of the molecule is COC(=O)N[C@H](C(=O)N1CCC[C@@H]1c1ncc(-c2ccc(-c3ccc(-c4c[nH+]c([C@H]5C[Si](C)(C)CN5C(=O)[C@@H](NC(=O)OC)C5CC5)[nH]4)cc3)cc2)[nH]1)C1CC1. The predicted molar refractivity (Wildman–Crippen MR) is 210 cm³/mol. The van der Waals surface area contributed by atoms with Crippen LogP contribution in [-0.2, 0) is 19.1 Å². The maximum Gasteiger partial charge on any atom is 0.407 e. The Morgan fingerprint density at radius 3 is 1.84 bits per heavy atom. The number of methoxy groups -OCH3 is 2. The van der Waals surface area contributed by atoms with Gasteiger partial charge in [0, 0.05) is 18.3 Å². The third-order valence-electron chi connectivity index (χ3n) is 11.8. The Kier molecular flexibility index (Phi) is 10.2. The van der Waals surface area contributed by atoms with Gasteiger partial charge >= 0.3 is 12.2 Å². The van der Waals surface area contributed by atoms with Crippen molar-refractivity contribution in [2.45, 2.75) is 81.8 Å². The summed E-state index contributed by atoms with van der Waals surface area (Å²) in [5.41, 5.74) is 5.99. The number of aromatic amines is 3. The van der Waals surface area contributed by atoms with Gasteiger partial charge in [-0.05, 0) is 85.2 Å². The molecule has 15 heteroatoms. The molecule has 294 valence electrons. The number of likely N-dealkylation sites (tertiary alicyclic amines) is 1. The van der Waals surface area contributed by atoms with Gasteiger partial charge in [-0.15, -0.1) is 0 Å². The zero-order chi connectivity index (χ0) is 39.1. The lowest BCUT2D eigenvalue weighted by Crippen LogP contribution is -2.51. The highest BCUT2D eigenvalue weighted by Gasteiger charge is 2.50. The van der Waals surface area contributed by atoms with E-state index in [1.807, 2.05) is 22.2 Å². The third kappa shape index (κ3) is 7.81. The van der Waals surface area contributed by atoms with Gasteiger partial charge in [-0.3, -0.25) is 9.59 Å². The molecule has 2 aliphatic carbocycles. The largest absolute Gasteiger partial charge is 0.453 e. The van der Waals surface area contributed by atoms with Crippen molar-refractivity contribution in [1.29, 1.82) is 0 Å². The minimum atomic E-state index is -1.70. The lowest BCUT2D eigenvalue weighted by molar-refractivity contribution is -0.393. The lowest BCUT2D eigenvalue weighted by atomic mass is 10.0. The van der Waals surface area contributed by atoms with E-state index in [2.05, 4.69) is 87.2 Å².